The van der Waals surface area contributed by atoms with Gasteiger partial charge in [-0.1, -0.05) is 53.7 Å². The van der Waals surface area contributed by atoms with E-state index < -0.39 is 0 Å². The van der Waals surface area contributed by atoms with Gasteiger partial charge in [0, 0.05) is 25.6 Å². The quantitative estimate of drug-likeness (QED) is 0.492. The summed E-state index contributed by atoms with van der Waals surface area (Å²) in [7, 11) is 0. The fourth-order valence-electron chi connectivity index (χ4n) is 4.18. The minimum Gasteiger partial charge on any atom is -0.411 e. The zero-order valence-electron chi connectivity index (χ0n) is 15.7. The van der Waals surface area contributed by atoms with Gasteiger partial charge in [0.05, 0.1) is 5.71 Å². The van der Waals surface area contributed by atoms with Crippen LogP contribution >= 0.6 is 0 Å². The molecule has 0 saturated carbocycles. The summed E-state index contributed by atoms with van der Waals surface area (Å²) in [5.41, 5.74) is 11.6. The summed E-state index contributed by atoms with van der Waals surface area (Å²) in [6, 6.07) is 16.6. The summed E-state index contributed by atoms with van der Waals surface area (Å²) in [4.78, 5) is 2.39. The monoisotopic (exact) mass is 351 g/mol. The number of likely N-dealkylation sites (tertiary alicyclic amines) is 1. The molecule has 3 rings (SSSR count). The Morgan fingerprint density at radius 2 is 1.92 bits per heavy atom. The Bertz CT molecular complexity index is 757. The molecule has 0 bridgehead atoms. The SMILES string of the molecule is Cc1cccc([C@H]2CCN(CCN)C[C@@H]2/C(=N\O)c2ccccc2)c1C. The summed E-state index contributed by atoms with van der Waals surface area (Å²) in [6.45, 7) is 7.78. The highest BCUT2D eigenvalue weighted by Gasteiger charge is 2.35. The molecule has 4 nitrogen and oxygen atoms in total. The van der Waals surface area contributed by atoms with E-state index in [0.717, 1.165) is 37.3 Å². The van der Waals surface area contributed by atoms with Crippen LogP contribution in [0.25, 0.3) is 0 Å². The van der Waals surface area contributed by atoms with Crippen LogP contribution in [0.5, 0.6) is 0 Å². The first-order valence-corrected chi connectivity index (χ1v) is 9.41. The molecule has 1 aliphatic heterocycles. The van der Waals surface area contributed by atoms with Crippen molar-refractivity contribution in [3.8, 4) is 0 Å². The Morgan fingerprint density at radius 3 is 2.62 bits per heavy atom. The molecule has 1 aliphatic rings. The number of benzene rings is 2. The minimum absolute atomic E-state index is 0.142. The lowest BCUT2D eigenvalue weighted by Gasteiger charge is -2.39. The van der Waals surface area contributed by atoms with E-state index >= 15 is 0 Å². The van der Waals surface area contributed by atoms with Crippen molar-refractivity contribution in [2.75, 3.05) is 26.2 Å². The van der Waals surface area contributed by atoms with Crippen LogP contribution in [0.2, 0.25) is 0 Å². The van der Waals surface area contributed by atoms with Gasteiger partial charge in [-0.15, -0.1) is 0 Å². The molecule has 1 fully saturated rings. The summed E-state index contributed by atoms with van der Waals surface area (Å²) in [5.74, 6) is 0.484. The fraction of sp³-hybridized carbons (Fsp3) is 0.409. The van der Waals surface area contributed by atoms with Gasteiger partial charge in [-0.05, 0) is 55.0 Å². The van der Waals surface area contributed by atoms with E-state index in [1.165, 1.54) is 16.7 Å². The van der Waals surface area contributed by atoms with Crippen molar-refractivity contribution >= 4 is 5.71 Å². The highest BCUT2D eigenvalue weighted by atomic mass is 16.4. The van der Waals surface area contributed by atoms with Gasteiger partial charge in [-0.25, -0.2) is 0 Å². The average Bonchev–Trinajstić information content (AvgIpc) is 2.66. The number of hydrogen-bond donors (Lipinski definition) is 2. The Hall–Kier alpha value is -2.17. The first-order valence-electron chi connectivity index (χ1n) is 9.41. The molecule has 1 heterocycles. The number of oxime groups is 1. The van der Waals surface area contributed by atoms with Crippen molar-refractivity contribution in [1.29, 1.82) is 0 Å². The maximum Gasteiger partial charge on any atom is 0.0917 e. The average molecular weight is 351 g/mol. The van der Waals surface area contributed by atoms with E-state index in [-0.39, 0.29) is 5.92 Å². The maximum absolute atomic E-state index is 9.88. The number of rotatable bonds is 5. The molecule has 1 saturated heterocycles. The van der Waals surface area contributed by atoms with Crippen LogP contribution in [0.1, 0.15) is 34.6 Å². The van der Waals surface area contributed by atoms with E-state index in [0.29, 0.717) is 12.5 Å². The molecule has 26 heavy (non-hydrogen) atoms. The second-order valence-electron chi connectivity index (χ2n) is 7.23. The molecule has 2 atom stereocenters. The van der Waals surface area contributed by atoms with Crippen molar-refractivity contribution < 1.29 is 5.21 Å². The minimum atomic E-state index is 0.142. The van der Waals surface area contributed by atoms with Crippen LogP contribution in [0, 0.1) is 19.8 Å². The summed E-state index contributed by atoms with van der Waals surface area (Å²) in [6.07, 6.45) is 1.04. The fourth-order valence-corrected chi connectivity index (χ4v) is 4.18. The van der Waals surface area contributed by atoms with E-state index in [1.54, 1.807) is 0 Å². The predicted octanol–water partition coefficient (Wildman–Crippen LogP) is 3.55. The van der Waals surface area contributed by atoms with Gasteiger partial charge in [-0.3, -0.25) is 0 Å². The molecule has 0 spiro atoms. The van der Waals surface area contributed by atoms with Crippen molar-refractivity contribution in [1.82, 2.24) is 4.90 Å². The third kappa shape index (κ3) is 3.81. The first kappa shape index (κ1) is 18.6. The van der Waals surface area contributed by atoms with E-state index in [9.17, 15) is 5.21 Å². The van der Waals surface area contributed by atoms with E-state index in [4.69, 9.17) is 5.73 Å². The first-order chi connectivity index (χ1) is 12.7. The lowest BCUT2D eigenvalue weighted by atomic mass is 9.74. The molecule has 4 heteroatoms. The molecular weight excluding hydrogens is 322 g/mol. The van der Waals surface area contributed by atoms with Crippen LogP contribution in [-0.4, -0.2) is 42.0 Å². The second kappa shape index (κ2) is 8.47. The largest absolute Gasteiger partial charge is 0.411 e. The van der Waals surface area contributed by atoms with Gasteiger partial charge < -0.3 is 15.8 Å². The zero-order valence-corrected chi connectivity index (χ0v) is 15.7. The third-order valence-electron chi connectivity index (χ3n) is 5.72. The number of hydrogen-bond acceptors (Lipinski definition) is 4. The summed E-state index contributed by atoms with van der Waals surface area (Å²) in [5, 5.41) is 13.6. The molecule has 0 amide bonds. The molecule has 0 unspecified atom stereocenters. The summed E-state index contributed by atoms with van der Waals surface area (Å²) < 4.78 is 0. The van der Waals surface area contributed by atoms with Crippen molar-refractivity contribution in [3.05, 3.63) is 70.8 Å². The normalized spacial score (nSPS) is 21.7. The van der Waals surface area contributed by atoms with E-state index in [2.05, 4.69) is 42.1 Å². The van der Waals surface area contributed by atoms with Crippen LogP contribution in [0.3, 0.4) is 0 Å². The standard InChI is InChI=1S/C22H29N3O/c1-16-7-6-10-19(17(16)2)20-11-13-25(14-12-23)15-21(20)22(24-26)18-8-4-3-5-9-18/h3-10,20-21,26H,11-15,23H2,1-2H3/b24-22-/t20-,21+/m1/s1. The molecule has 2 aromatic carbocycles. The summed E-state index contributed by atoms with van der Waals surface area (Å²) >= 11 is 0. The van der Waals surface area contributed by atoms with Crippen molar-refractivity contribution in [2.45, 2.75) is 26.2 Å². The highest BCUT2D eigenvalue weighted by molar-refractivity contribution is 6.02. The Kier molecular flexibility index (Phi) is 6.07. The molecule has 138 valence electrons. The van der Waals surface area contributed by atoms with Gasteiger partial charge in [0.2, 0.25) is 0 Å². The molecule has 0 aromatic heterocycles. The molecule has 0 radical (unpaired) electrons. The van der Waals surface area contributed by atoms with Crippen molar-refractivity contribution in [2.24, 2.45) is 16.8 Å². The topological polar surface area (TPSA) is 61.8 Å². The van der Waals surface area contributed by atoms with Crippen LogP contribution < -0.4 is 5.73 Å². The van der Waals surface area contributed by atoms with Crippen molar-refractivity contribution in [3.63, 3.8) is 0 Å². The number of piperidine rings is 1. The lowest BCUT2D eigenvalue weighted by molar-refractivity contribution is 0.186. The number of aryl methyl sites for hydroxylation is 1. The van der Waals surface area contributed by atoms with Gasteiger partial charge in [0.15, 0.2) is 0 Å². The Labute approximate surface area is 156 Å². The van der Waals surface area contributed by atoms with Gasteiger partial charge in [0.1, 0.15) is 0 Å². The highest BCUT2D eigenvalue weighted by Crippen LogP contribution is 2.37. The Balaban J connectivity index is 2.00. The smallest absolute Gasteiger partial charge is 0.0917 e. The second-order valence-corrected chi connectivity index (χ2v) is 7.23. The van der Waals surface area contributed by atoms with Crippen LogP contribution in [-0.2, 0) is 0 Å². The molecule has 0 aliphatic carbocycles. The molecular formula is C22H29N3O. The predicted molar refractivity (Wildman–Crippen MR) is 107 cm³/mol. The third-order valence-corrected chi connectivity index (χ3v) is 5.72. The Morgan fingerprint density at radius 1 is 1.15 bits per heavy atom. The van der Waals surface area contributed by atoms with Crippen LogP contribution in [0.4, 0.5) is 0 Å². The number of nitrogens with two attached hydrogens (primary N) is 1. The van der Waals surface area contributed by atoms with Gasteiger partial charge in [0.25, 0.3) is 0 Å². The molecule has 2 aromatic rings. The number of nitrogens with zero attached hydrogens (tertiary/aromatic N) is 2. The zero-order chi connectivity index (χ0) is 18.5. The van der Waals surface area contributed by atoms with Gasteiger partial charge >= 0.3 is 0 Å². The lowest BCUT2D eigenvalue weighted by Crippen LogP contribution is -2.45. The van der Waals surface area contributed by atoms with Gasteiger partial charge in [-0.2, -0.15) is 0 Å². The maximum atomic E-state index is 9.88. The van der Waals surface area contributed by atoms with E-state index in [1.807, 2.05) is 30.3 Å². The van der Waals surface area contributed by atoms with Crippen LogP contribution in [0.15, 0.2) is 53.7 Å². The molecule has 3 N–H and O–H groups in total.